The van der Waals surface area contributed by atoms with Crippen molar-refractivity contribution in [3.05, 3.63) is 47.8 Å². The fourth-order valence-corrected chi connectivity index (χ4v) is 2.20. The summed E-state index contributed by atoms with van der Waals surface area (Å²) in [7, 11) is 0. The summed E-state index contributed by atoms with van der Waals surface area (Å²) in [5.41, 5.74) is 14.0. The van der Waals surface area contributed by atoms with Gasteiger partial charge in [-0.25, -0.2) is 4.98 Å². The van der Waals surface area contributed by atoms with Gasteiger partial charge < -0.3 is 16.2 Å². The van der Waals surface area contributed by atoms with Crippen LogP contribution < -0.4 is 16.2 Å². The number of nitrogens with two attached hydrogens (primary N) is 2. The third-order valence-electron chi connectivity index (χ3n) is 3.20. The molecule has 0 saturated carbocycles. The van der Waals surface area contributed by atoms with Gasteiger partial charge in [0.25, 0.3) is 0 Å². The Balaban J connectivity index is 1.96. The lowest BCUT2D eigenvalue weighted by Crippen LogP contribution is -2.04. The number of benzene rings is 1. The van der Waals surface area contributed by atoms with E-state index in [1.54, 1.807) is 6.20 Å². The third-order valence-corrected chi connectivity index (χ3v) is 3.20. The van der Waals surface area contributed by atoms with Gasteiger partial charge in [-0.3, -0.25) is 4.98 Å². The molecule has 0 fully saturated rings. The van der Waals surface area contributed by atoms with E-state index < -0.39 is 0 Å². The second-order valence-corrected chi connectivity index (χ2v) is 4.65. The van der Waals surface area contributed by atoms with Crippen molar-refractivity contribution in [3.8, 4) is 5.75 Å². The number of pyridine rings is 1. The zero-order valence-corrected chi connectivity index (χ0v) is 11.6. The van der Waals surface area contributed by atoms with Crippen molar-refractivity contribution in [2.45, 2.75) is 13.5 Å². The molecule has 0 saturated heterocycles. The lowest BCUT2D eigenvalue weighted by atomic mass is 10.1. The highest BCUT2D eigenvalue weighted by Gasteiger charge is 2.09. The summed E-state index contributed by atoms with van der Waals surface area (Å²) in [5.74, 6) is 1.27. The molecule has 0 amide bonds. The summed E-state index contributed by atoms with van der Waals surface area (Å²) in [6.45, 7) is 2.26. The van der Waals surface area contributed by atoms with Crippen molar-refractivity contribution in [1.29, 1.82) is 0 Å². The lowest BCUT2D eigenvalue weighted by molar-refractivity contribution is 0.304. The molecule has 1 aromatic carbocycles. The molecule has 4 N–H and O–H groups in total. The van der Waals surface area contributed by atoms with Gasteiger partial charge in [-0.15, -0.1) is 0 Å². The Bertz CT molecular complexity index is 803. The molecule has 0 aliphatic carbocycles. The van der Waals surface area contributed by atoms with Crippen molar-refractivity contribution in [2.75, 3.05) is 11.5 Å². The number of aromatic nitrogens is 3. The van der Waals surface area contributed by atoms with Crippen LogP contribution in [-0.2, 0) is 6.61 Å². The molecular formula is C15H15N5O. The molecular weight excluding hydrogens is 266 g/mol. The van der Waals surface area contributed by atoms with Gasteiger partial charge in [0.1, 0.15) is 18.2 Å². The summed E-state index contributed by atoms with van der Waals surface area (Å²) >= 11 is 0. The molecule has 0 aliphatic rings. The number of hydrogen-bond donors (Lipinski definition) is 2. The first-order valence-electron chi connectivity index (χ1n) is 6.50. The van der Waals surface area contributed by atoms with Crippen LogP contribution in [0.5, 0.6) is 5.75 Å². The second-order valence-electron chi connectivity index (χ2n) is 4.65. The molecule has 0 radical (unpaired) electrons. The van der Waals surface area contributed by atoms with Crippen LogP contribution in [0, 0.1) is 6.92 Å². The van der Waals surface area contributed by atoms with E-state index >= 15 is 0 Å². The first-order valence-corrected chi connectivity index (χ1v) is 6.50. The monoisotopic (exact) mass is 281 g/mol. The summed E-state index contributed by atoms with van der Waals surface area (Å²) in [4.78, 5) is 12.4. The number of rotatable bonds is 3. The van der Waals surface area contributed by atoms with Crippen molar-refractivity contribution in [2.24, 2.45) is 0 Å². The van der Waals surface area contributed by atoms with E-state index in [0.29, 0.717) is 17.9 Å². The number of anilines is 2. The Hall–Kier alpha value is -2.89. The molecule has 2 heterocycles. The van der Waals surface area contributed by atoms with Crippen LogP contribution in [0.2, 0.25) is 0 Å². The minimum Gasteiger partial charge on any atom is -0.487 e. The van der Waals surface area contributed by atoms with Crippen LogP contribution in [0.3, 0.4) is 0 Å². The number of nitrogen functional groups attached to an aromatic ring is 2. The van der Waals surface area contributed by atoms with Gasteiger partial charge in [0.2, 0.25) is 5.95 Å². The van der Waals surface area contributed by atoms with Crippen molar-refractivity contribution in [3.63, 3.8) is 0 Å². The van der Waals surface area contributed by atoms with Gasteiger partial charge in [0, 0.05) is 17.1 Å². The molecule has 21 heavy (non-hydrogen) atoms. The van der Waals surface area contributed by atoms with Gasteiger partial charge in [-0.1, -0.05) is 12.1 Å². The van der Waals surface area contributed by atoms with E-state index in [1.807, 2.05) is 37.3 Å². The number of hydrogen-bond acceptors (Lipinski definition) is 6. The fraction of sp³-hybridized carbons (Fsp3) is 0.133. The smallest absolute Gasteiger partial charge is 0.222 e. The van der Waals surface area contributed by atoms with E-state index in [4.69, 9.17) is 16.2 Å². The molecule has 0 unspecified atom stereocenters. The Morgan fingerprint density at radius 1 is 1.10 bits per heavy atom. The zero-order chi connectivity index (χ0) is 14.8. The molecule has 2 aromatic heterocycles. The topological polar surface area (TPSA) is 99.9 Å². The Morgan fingerprint density at radius 2 is 1.95 bits per heavy atom. The highest BCUT2D eigenvalue weighted by atomic mass is 16.5. The molecule has 0 spiro atoms. The van der Waals surface area contributed by atoms with Crippen molar-refractivity contribution < 1.29 is 4.74 Å². The van der Waals surface area contributed by atoms with Crippen LogP contribution in [0.15, 0.2) is 36.5 Å². The maximum absolute atomic E-state index is 5.96. The molecule has 3 rings (SSSR count). The molecule has 3 aromatic rings. The van der Waals surface area contributed by atoms with Crippen LogP contribution in [-0.4, -0.2) is 15.0 Å². The van der Waals surface area contributed by atoms with Crippen LogP contribution >= 0.6 is 0 Å². The summed E-state index contributed by atoms with van der Waals surface area (Å²) in [5, 5.41) is 0.772. The van der Waals surface area contributed by atoms with Crippen molar-refractivity contribution in [1.82, 2.24) is 15.0 Å². The fourth-order valence-electron chi connectivity index (χ4n) is 2.20. The van der Waals surface area contributed by atoms with Crippen LogP contribution in [0.1, 0.15) is 11.3 Å². The number of nitrogens with zero attached hydrogens (tertiary/aromatic N) is 3. The summed E-state index contributed by atoms with van der Waals surface area (Å²) in [6, 6.07) is 9.39. The van der Waals surface area contributed by atoms with E-state index in [-0.39, 0.29) is 5.95 Å². The normalized spacial score (nSPS) is 10.7. The Kier molecular flexibility index (Phi) is 3.27. The SMILES string of the molecule is Cc1ncccc1OCc1cccc2nc(N)nc(N)c12. The maximum Gasteiger partial charge on any atom is 0.222 e. The first-order chi connectivity index (χ1) is 10.1. The van der Waals surface area contributed by atoms with Gasteiger partial charge in [-0.2, -0.15) is 4.98 Å². The highest BCUT2D eigenvalue weighted by Crippen LogP contribution is 2.25. The number of aryl methyl sites for hydroxylation is 1. The van der Waals surface area contributed by atoms with E-state index in [2.05, 4.69) is 15.0 Å². The summed E-state index contributed by atoms with van der Waals surface area (Å²) in [6.07, 6.45) is 1.73. The molecule has 0 aliphatic heterocycles. The first kappa shape index (κ1) is 13.1. The summed E-state index contributed by atoms with van der Waals surface area (Å²) < 4.78 is 5.81. The minimum absolute atomic E-state index is 0.168. The standard InChI is InChI=1S/C15H15N5O/c1-9-12(6-3-7-18-9)21-8-10-4-2-5-11-13(10)14(16)20-15(17)19-11/h2-7H,8H2,1H3,(H4,16,17,19,20). The van der Waals surface area contributed by atoms with E-state index in [9.17, 15) is 0 Å². The van der Waals surface area contributed by atoms with Gasteiger partial charge in [0.15, 0.2) is 0 Å². The molecule has 6 heteroatoms. The number of fused-ring (bicyclic) bond motifs is 1. The Morgan fingerprint density at radius 3 is 2.76 bits per heavy atom. The minimum atomic E-state index is 0.168. The number of ether oxygens (including phenoxy) is 1. The van der Waals surface area contributed by atoms with E-state index in [1.165, 1.54) is 0 Å². The third kappa shape index (κ3) is 2.55. The van der Waals surface area contributed by atoms with Gasteiger partial charge >= 0.3 is 0 Å². The Labute approximate surface area is 121 Å². The predicted octanol–water partition coefficient (Wildman–Crippen LogP) is 2.08. The van der Waals surface area contributed by atoms with Crippen LogP contribution in [0.25, 0.3) is 10.9 Å². The van der Waals surface area contributed by atoms with Gasteiger partial charge in [-0.05, 0) is 25.1 Å². The molecule has 6 nitrogen and oxygen atoms in total. The largest absolute Gasteiger partial charge is 0.487 e. The lowest BCUT2D eigenvalue weighted by Gasteiger charge is -2.11. The quantitative estimate of drug-likeness (QED) is 0.762. The second kappa shape index (κ2) is 5.24. The van der Waals surface area contributed by atoms with Crippen LogP contribution in [0.4, 0.5) is 11.8 Å². The molecule has 0 bridgehead atoms. The highest BCUT2D eigenvalue weighted by molar-refractivity contribution is 5.91. The zero-order valence-electron chi connectivity index (χ0n) is 11.6. The predicted molar refractivity (Wildman–Crippen MR) is 81.7 cm³/mol. The average Bonchev–Trinajstić information content (AvgIpc) is 2.45. The van der Waals surface area contributed by atoms with Crippen molar-refractivity contribution >= 4 is 22.7 Å². The van der Waals surface area contributed by atoms with Gasteiger partial charge in [0.05, 0.1) is 11.2 Å². The molecule has 0 atom stereocenters. The maximum atomic E-state index is 5.96. The average molecular weight is 281 g/mol. The van der Waals surface area contributed by atoms with E-state index in [0.717, 1.165) is 22.4 Å². The molecule has 106 valence electrons.